The number of aliphatic imine (C=N–C) groups is 2. The van der Waals surface area contributed by atoms with E-state index >= 15 is 0 Å². The van der Waals surface area contributed by atoms with Crippen LogP contribution < -0.4 is 0 Å². The highest BCUT2D eigenvalue weighted by atomic mass is 15.0. The van der Waals surface area contributed by atoms with Gasteiger partial charge in [-0.3, -0.25) is 9.98 Å². The van der Waals surface area contributed by atoms with Gasteiger partial charge < -0.3 is 0 Å². The van der Waals surface area contributed by atoms with Crippen LogP contribution in [0.15, 0.2) is 58.5 Å². The van der Waals surface area contributed by atoms with Gasteiger partial charge in [-0.15, -0.1) is 0 Å². The maximum absolute atomic E-state index is 4.60. The van der Waals surface area contributed by atoms with Crippen LogP contribution in [0.4, 0.5) is 0 Å². The predicted molar refractivity (Wildman–Crippen MR) is 89.7 cm³/mol. The van der Waals surface area contributed by atoms with Crippen molar-refractivity contribution in [3.8, 4) is 0 Å². The average Bonchev–Trinajstić information content (AvgIpc) is 3.25. The molecule has 2 heteroatoms. The Balaban J connectivity index is 1.54. The molecule has 2 aromatic rings. The second-order valence-corrected chi connectivity index (χ2v) is 5.75. The van der Waals surface area contributed by atoms with E-state index in [1.165, 1.54) is 11.1 Å². The molecule has 106 valence electrons. The van der Waals surface area contributed by atoms with Gasteiger partial charge in [0.15, 0.2) is 0 Å². The lowest BCUT2D eigenvalue weighted by Crippen LogP contribution is -1.90. The van der Waals surface area contributed by atoms with Gasteiger partial charge in [0.1, 0.15) is 0 Å². The Morgan fingerprint density at radius 3 is 1.48 bits per heavy atom. The van der Waals surface area contributed by atoms with Gasteiger partial charge in [0, 0.05) is 12.4 Å². The molecule has 0 spiro atoms. The highest BCUT2D eigenvalue weighted by molar-refractivity contribution is 5.81. The lowest BCUT2D eigenvalue weighted by Gasteiger charge is -1.95. The van der Waals surface area contributed by atoms with Crippen LogP contribution >= 0.6 is 0 Å². The van der Waals surface area contributed by atoms with E-state index in [0.717, 1.165) is 17.5 Å². The maximum atomic E-state index is 4.60. The summed E-state index contributed by atoms with van der Waals surface area (Å²) >= 11 is 0. The summed E-state index contributed by atoms with van der Waals surface area (Å²) in [5.41, 5.74) is 4.88. The Kier molecular flexibility index (Phi) is 3.96. The zero-order chi connectivity index (χ0) is 14.7. The van der Waals surface area contributed by atoms with Gasteiger partial charge in [-0.05, 0) is 31.4 Å². The molecule has 0 saturated heterocycles. The van der Waals surface area contributed by atoms with Crippen LogP contribution in [0.1, 0.15) is 28.7 Å². The van der Waals surface area contributed by atoms with E-state index in [1.54, 1.807) is 0 Å². The number of hydrogen-bond acceptors (Lipinski definition) is 2. The molecule has 1 saturated carbocycles. The molecule has 0 radical (unpaired) electrons. The largest absolute Gasteiger partial charge is 0.287 e. The molecule has 2 aromatic carbocycles. The lowest BCUT2D eigenvalue weighted by molar-refractivity contribution is 0.971. The highest BCUT2D eigenvalue weighted by Gasteiger charge is 2.35. The molecule has 0 unspecified atom stereocenters. The zero-order valence-corrected chi connectivity index (χ0v) is 12.5. The summed E-state index contributed by atoms with van der Waals surface area (Å²) in [6.07, 6.45) is 4.99. The van der Waals surface area contributed by atoms with Crippen LogP contribution in [0.5, 0.6) is 0 Å². The average molecular weight is 276 g/mol. The molecule has 2 nitrogen and oxygen atoms in total. The van der Waals surface area contributed by atoms with Crippen molar-refractivity contribution in [3.63, 3.8) is 0 Å². The van der Waals surface area contributed by atoms with Gasteiger partial charge >= 0.3 is 0 Å². The first-order valence-corrected chi connectivity index (χ1v) is 7.40. The molecule has 1 aliphatic carbocycles. The molecule has 2 atom stereocenters. The second-order valence-electron chi connectivity index (χ2n) is 5.75. The fraction of sp³-hybridized carbons (Fsp3) is 0.263. The smallest absolute Gasteiger partial charge is 0.0745 e. The maximum Gasteiger partial charge on any atom is 0.0745 e. The minimum atomic E-state index is 0.355. The Bertz CT molecular complexity index is 591. The number of hydrogen-bond donors (Lipinski definition) is 0. The first-order chi connectivity index (χ1) is 10.2. The molecule has 0 heterocycles. The summed E-state index contributed by atoms with van der Waals surface area (Å²) in [6.45, 7) is 4.19. The van der Waals surface area contributed by atoms with Crippen LogP contribution in [-0.4, -0.2) is 24.5 Å². The van der Waals surface area contributed by atoms with E-state index in [4.69, 9.17) is 0 Å². The van der Waals surface area contributed by atoms with Gasteiger partial charge in [0.2, 0.25) is 0 Å². The number of rotatable bonds is 4. The zero-order valence-electron chi connectivity index (χ0n) is 12.5. The first kappa shape index (κ1) is 13.7. The first-order valence-electron chi connectivity index (χ1n) is 7.40. The van der Waals surface area contributed by atoms with Crippen molar-refractivity contribution in [2.45, 2.75) is 32.4 Å². The molecular weight excluding hydrogens is 256 g/mol. The SMILES string of the molecule is Cc1ccc(C=N[C@H]2C[C@@H]2N=Cc2ccc(C)cc2)cc1. The fourth-order valence-electron chi connectivity index (χ4n) is 2.16. The number of nitrogens with zero attached hydrogens (tertiary/aromatic N) is 2. The van der Waals surface area contributed by atoms with Crippen molar-refractivity contribution in [1.29, 1.82) is 0 Å². The molecule has 0 amide bonds. The van der Waals surface area contributed by atoms with Gasteiger partial charge in [-0.2, -0.15) is 0 Å². The van der Waals surface area contributed by atoms with Crippen LogP contribution in [-0.2, 0) is 0 Å². The summed E-state index contributed by atoms with van der Waals surface area (Å²) in [4.78, 5) is 9.21. The molecule has 0 bridgehead atoms. The monoisotopic (exact) mass is 276 g/mol. The summed E-state index contributed by atoms with van der Waals surface area (Å²) in [7, 11) is 0. The van der Waals surface area contributed by atoms with Gasteiger partial charge in [-0.25, -0.2) is 0 Å². The van der Waals surface area contributed by atoms with Crippen LogP contribution in [0.2, 0.25) is 0 Å². The van der Waals surface area contributed by atoms with Crippen molar-refractivity contribution in [3.05, 3.63) is 70.8 Å². The Hall–Kier alpha value is -2.22. The molecule has 1 fully saturated rings. The van der Waals surface area contributed by atoms with Crippen molar-refractivity contribution in [2.75, 3.05) is 0 Å². The van der Waals surface area contributed by atoms with Gasteiger partial charge in [0.05, 0.1) is 12.1 Å². The molecule has 0 aliphatic heterocycles. The third-order valence-electron chi connectivity index (χ3n) is 3.71. The molecule has 21 heavy (non-hydrogen) atoms. The molecule has 0 N–H and O–H groups in total. The normalized spacial score (nSPS) is 21.2. The number of benzene rings is 2. The topological polar surface area (TPSA) is 24.7 Å². The Labute approximate surface area is 126 Å². The van der Waals surface area contributed by atoms with Gasteiger partial charge in [-0.1, -0.05) is 59.7 Å². The minimum Gasteiger partial charge on any atom is -0.287 e. The van der Waals surface area contributed by atoms with Crippen molar-refractivity contribution in [1.82, 2.24) is 0 Å². The molecule has 1 aliphatic rings. The molecule has 0 aromatic heterocycles. The third-order valence-corrected chi connectivity index (χ3v) is 3.71. The van der Waals surface area contributed by atoms with E-state index in [0.29, 0.717) is 12.1 Å². The van der Waals surface area contributed by atoms with E-state index in [2.05, 4.69) is 72.4 Å². The fourth-order valence-corrected chi connectivity index (χ4v) is 2.16. The van der Waals surface area contributed by atoms with E-state index < -0.39 is 0 Å². The van der Waals surface area contributed by atoms with Crippen molar-refractivity contribution < 1.29 is 0 Å². The highest BCUT2D eigenvalue weighted by Crippen LogP contribution is 2.29. The van der Waals surface area contributed by atoms with E-state index in [-0.39, 0.29) is 0 Å². The van der Waals surface area contributed by atoms with Crippen molar-refractivity contribution in [2.24, 2.45) is 9.98 Å². The van der Waals surface area contributed by atoms with Crippen LogP contribution in [0, 0.1) is 13.8 Å². The van der Waals surface area contributed by atoms with Gasteiger partial charge in [0.25, 0.3) is 0 Å². The minimum absolute atomic E-state index is 0.355. The van der Waals surface area contributed by atoms with E-state index in [9.17, 15) is 0 Å². The Morgan fingerprint density at radius 2 is 1.10 bits per heavy atom. The quantitative estimate of drug-likeness (QED) is 0.755. The lowest BCUT2D eigenvalue weighted by atomic mass is 10.2. The Morgan fingerprint density at radius 1 is 0.714 bits per heavy atom. The van der Waals surface area contributed by atoms with Crippen LogP contribution in [0.3, 0.4) is 0 Å². The summed E-state index contributed by atoms with van der Waals surface area (Å²) < 4.78 is 0. The summed E-state index contributed by atoms with van der Waals surface area (Å²) in [6, 6.07) is 17.6. The number of aryl methyl sites for hydroxylation is 2. The van der Waals surface area contributed by atoms with E-state index in [1.807, 2.05) is 12.4 Å². The van der Waals surface area contributed by atoms with Crippen molar-refractivity contribution >= 4 is 12.4 Å². The predicted octanol–water partition coefficient (Wildman–Crippen LogP) is 3.98. The molecule has 3 rings (SSSR count). The summed E-state index contributed by atoms with van der Waals surface area (Å²) in [5, 5.41) is 0. The third kappa shape index (κ3) is 3.88. The standard InChI is InChI=1S/C19H20N2/c1-14-3-7-16(8-4-14)12-20-18-11-19(18)21-13-17-9-5-15(2)6-10-17/h3-10,12-13,18-19H,11H2,1-2H3/t18-,19-/m0/s1. The molecular formula is C19H20N2. The second kappa shape index (κ2) is 6.04. The van der Waals surface area contributed by atoms with Crippen LogP contribution in [0.25, 0.3) is 0 Å². The summed E-state index contributed by atoms with van der Waals surface area (Å²) in [5.74, 6) is 0.